The number of carbonyl (C=O) groups excluding carboxylic acids is 1. The average molecular weight is 379 g/mol. The monoisotopic (exact) mass is 378 g/mol. The Morgan fingerprint density at radius 2 is 1.88 bits per heavy atom. The molecule has 1 fully saturated rings. The highest BCUT2D eigenvalue weighted by Gasteiger charge is 2.16. The minimum absolute atomic E-state index is 0.247. The zero-order valence-corrected chi connectivity index (χ0v) is 15.6. The van der Waals surface area contributed by atoms with E-state index in [4.69, 9.17) is 17.3 Å². The number of hydrogen-bond acceptors (Lipinski definition) is 5. The average Bonchev–Trinajstić information content (AvgIpc) is 3.12. The van der Waals surface area contributed by atoms with Gasteiger partial charge < -0.3 is 20.9 Å². The Kier molecular flexibility index (Phi) is 6.85. The Labute approximate surface area is 156 Å². The molecule has 1 aliphatic heterocycles. The lowest BCUT2D eigenvalue weighted by molar-refractivity contribution is 0.259. The highest BCUT2D eigenvalue weighted by molar-refractivity contribution is 6.33. The zero-order chi connectivity index (χ0) is 19.1. The third kappa shape index (κ3) is 5.38. The minimum atomic E-state index is -0.544. The van der Waals surface area contributed by atoms with Gasteiger partial charge in [-0.15, -0.1) is 0 Å². The van der Waals surface area contributed by atoms with Crippen molar-refractivity contribution in [3.8, 4) is 0 Å². The van der Waals surface area contributed by atoms with E-state index in [0.29, 0.717) is 5.69 Å². The van der Waals surface area contributed by atoms with E-state index in [2.05, 4.69) is 20.4 Å². The van der Waals surface area contributed by atoms with E-state index in [1.54, 1.807) is 18.3 Å². The van der Waals surface area contributed by atoms with Crippen LogP contribution in [-0.4, -0.2) is 43.4 Å². The molecule has 26 heavy (non-hydrogen) atoms. The van der Waals surface area contributed by atoms with Gasteiger partial charge in [-0.2, -0.15) is 5.10 Å². The maximum atomic E-state index is 11.1. The van der Waals surface area contributed by atoms with Crippen molar-refractivity contribution in [3.05, 3.63) is 45.8 Å². The van der Waals surface area contributed by atoms with Crippen LogP contribution < -0.4 is 26.4 Å². The predicted octanol–water partition coefficient (Wildman–Crippen LogP) is 2.27. The molecule has 2 heterocycles. The first-order valence-electron chi connectivity index (χ1n) is 8.20. The minimum Gasteiger partial charge on any atom is -0.378 e. The Hall–Kier alpha value is -2.74. The first kappa shape index (κ1) is 19.6. The third-order valence-corrected chi connectivity index (χ3v) is 4.24. The van der Waals surface area contributed by atoms with Crippen LogP contribution in [0.25, 0.3) is 0 Å². The van der Waals surface area contributed by atoms with Crippen LogP contribution in [0.1, 0.15) is 12.8 Å². The molecule has 0 unspecified atom stereocenters. The van der Waals surface area contributed by atoms with Gasteiger partial charge in [0.25, 0.3) is 5.56 Å². The normalized spacial score (nSPS) is 13.0. The SMILES string of the molecule is CN(C)c1ccc(NC(N)=O)cc1.O=c1[nH]ncc(N2CCCC2)c1Cl. The van der Waals surface area contributed by atoms with Crippen molar-refractivity contribution in [1.29, 1.82) is 0 Å². The number of benzene rings is 1. The molecule has 0 bridgehead atoms. The van der Waals surface area contributed by atoms with Crippen molar-refractivity contribution in [3.63, 3.8) is 0 Å². The Morgan fingerprint density at radius 3 is 2.42 bits per heavy atom. The van der Waals surface area contributed by atoms with Gasteiger partial charge in [-0.25, -0.2) is 9.89 Å². The van der Waals surface area contributed by atoms with E-state index in [1.165, 1.54) is 0 Å². The molecule has 2 amide bonds. The lowest BCUT2D eigenvalue weighted by Gasteiger charge is -2.17. The summed E-state index contributed by atoms with van der Waals surface area (Å²) in [5.74, 6) is 0. The summed E-state index contributed by atoms with van der Waals surface area (Å²) >= 11 is 5.85. The number of H-pyrrole nitrogens is 1. The molecule has 3 rings (SSSR count). The number of hydrogen-bond donors (Lipinski definition) is 3. The molecule has 140 valence electrons. The van der Waals surface area contributed by atoms with Crippen LogP contribution >= 0.6 is 11.6 Å². The van der Waals surface area contributed by atoms with Crippen molar-refractivity contribution in [1.82, 2.24) is 10.2 Å². The molecule has 1 saturated heterocycles. The topological polar surface area (TPSA) is 107 Å². The van der Waals surface area contributed by atoms with Gasteiger partial charge >= 0.3 is 6.03 Å². The van der Waals surface area contributed by atoms with Gasteiger partial charge in [0.15, 0.2) is 0 Å². The lowest BCUT2D eigenvalue weighted by atomic mass is 10.2. The Bertz CT molecular complexity index is 785. The highest BCUT2D eigenvalue weighted by Crippen LogP contribution is 2.24. The number of aromatic nitrogens is 2. The van der Waals surface area contributed by atoms with Crippen LogP contribution in [0.5, 0.6) is 0 Å². The third-order valence-electron chi connectivity index (χ3n) is 3.88. The van der Waals surface area contributed by atoms with Crippen molar-refractivity contribution < 1.29 is 4.79 Å². The molecule has 1 aliphatic rings. The van der Waals surface area contributed by atoms with Crippen LogP contribution in [0.15, 0.2) is 35.3 Å². The number of aromatic amines is 1. The number of nitrogens with two attached hydrogens (primary N) is 1. The largest absolute Gasteiger partial charge is 0.378 e. The number of nitrogens with one attached hydrogen (secondary N) is 2. The highest BCUT2D eigenvalue weighted by atomic mass is 35.5. The number of carbonyl (C=O) groups is 1. The van der Waals surface area contributed by atoms with E-state index in [-0.39, 0.29) is 10.6 Å². The second kappa shape index (κ2) is 9.10. The molecule has 2 aromatic rings. The Balaban J connectivity index is 0.000000187. The first-order valence-corrected chi connectivity index (χ1v) is 8.58. The molecule has 4 N–H and O–H groups in total. The molecular weight excluding hydrogens is 356 g/mol. The number of halogens is 1. The summed E-state index contributed by atoms with van der Waals surface area (Å²) in [6.45, 7) is 1.93. The standard InChI is InChI=1S/C9H13N3O.C8H10ClN3O/c1-12(2)8-5-3-7(4-6-8)11-9(10)13;9-7-6(5-10-11-8(7)13)12-3-1-2-4-12/h3-6H,1-2H3,(H3,10,11,13);5H,1-4H2,(H,11,13). The van der Waals surface area contributed by atoms with Crippen molar-refractivity contribution >= 4 is 34.7 Å². The smallest absolute Gasteiger partial charge is 0.316 e. The van der Waals surface area contributed by atoms with E-state index in [1.807, 2.05) is 31.1 Å². The van der Waals surface area contributed by atoms with Crippen LogP contribution in [-0.2, 0) is 0 Å². The van der Waals surface area contributed by atoms with Crippen molar-refractivity contribution in [2.24, 2.45) is 5.73 Å². The molecule has 1 aromatic carbocycles. The molecule has 1 aromatic heterocycles. The number of primary amides is 1. The van der Waals surface area contributed by atoms with Gasteiger partial charge in [0.05, 0.1) is 11.9 Å². The van der Waals surface area contributed by atoms with E-state index >= 15 is 0 Å². The van der Waals surface area contributed by atoms with Gasteiger partial charge in [0, 0.05) is 38.6 Å². The zero-order valence-electron chi connectivity index (χ0n) is 14.8. The molecule has 0 atom stereocenters. The van der Waals surface area contributed by atoms with E-state index < -0.39 is 6.03 Å². The van der Waals surface area contributed by atoms with Gasteiger partial charge in [-0.3, -0.25) is 4.79 Å². The number of amides is 2. The molecule has 9 heteroatoms. The summed E-state index contributed by atoms with van der Waals surface area (Å²) in [4.78, 5) is 25.7. The maximum Gasteiger partial charge on any atom is 0.316 e. The van der Waals surface area contributed by atoms with Crippen molar-refractivity contribution in [2.45, 2.75) is 12.8 Å². The summed E-state index contributed by atoms with van der Waals surface area (Å²) in [5, 5.41) is 8.76. The van der Waals surface area contributed by atoms with Gasteiger partial charge in [0.2, 0.25) is 0 Å². The summed E-state index contributed by atoms with van der Waals surface area (Å²) in [7, 11) is 3.91. The van der Waals surface area contributed by atoms with Crippen LogP contribution in [0, 0.1) is 0 Å². The molecule has 8 nitrogen and oxygen atoms in total. The first-order chi connectivity index (χ1) is 12.4. The van der Waals surface area contributed by atoms with Crippen LogP contribution in [0.2, 0.25) is 5.02 Å². The number of rotatable bonds is 3. The molecule has 0 radical (unpaired) electrons. The Morgan fingerprint density at radius 1 is 1.27 bits per heavy atom. The second-order valence-corrected chi connectivity index (χ2v) is 6.40. The molecular formula is C17H23ClN6O2. The molecule has 0 saturated carbocycles. The maximum absolute atomic E-state index is 11.1. The summed E-state index contributed by atoms with van der Waals surface area (Å²) in [6, 6.07) is 6.88. The fraction of sp³-hybridized carbons (Fsp3) is 0.353. The number of nitrogens with zero attached hydrogens (tertiary/aromatic N) is 3. The van der Waals surface area contributed by atoms with Gasteiger partial charge in [-0.1, -0.05) is 11.6 Å². The van der Waals surface area contributed by atoms with Crippen molar-refractivity contribution in [2.75, 3.05) is 42.3 Å². The van der Waals surface area contributed by atoms with E-state index in [9.17, 15) is 9.59 Å². The van der Waals surface area contributed by atoms with Crippen LogP contribution in [0.3, 0.4) is 0 Å². The fourth-order valence-corrected chi connectivity index (χ4v) is 2.75. The predicted molar refractivity (Wildman–Crippen MR) is 105 cm³/mol. The fourth-order valence-electron chi connectivity index (χ4n) is 2.54. The molecule has 0 aliphatic carbocycles. The quantitative estimate of drug-likeness (QED) is 0.759. The second-order valence-electron chi connectivity index (χ2n) is 6.02. The summed E-state index contributed by atoms with van der Waals surface area (Å²) in [6.07, 6.45) is 3.92. The van der Waals surface area contributed by atoms with Crippen LogP contribution in [0.4, 0.5) is 21.9 Å². The summed E-state index contributed by atoms with van der Waals surface area (Å²) in [5.41, 5.74) is 7.19. The summed E-state index contributed by atoms with van der Waals surface area (Å²) < 4.78 is 0. The number of urea groups is 1. The number of anilines is 3. The molecule has 0 spiro atoms. The van der Waals surface area contributed by atoms with E-state index in [0.717, 1.165) is 37.3 Å². The lowest BCUT2D eigenvalue weighted by Crippen LogP contribution is -2.22. The van der Waals surface area contributed by atoms with Gasteiger partial charge in [-0.05, 0) is 37.1 Å². The van der Waals surface area contributed by atoms with Gasteiger partial charge in [0.1, 0.15) is 5.02 Å².